The lowest BCUT2D eigenvalue weighted by atomic mass is 9.82. The first-order valence-electron chi connectivity index (χ1n) is 10.6. The number of likely N-dealkylation sites (tertiary alicyclic amines) is 1. The lowest BCUT2D eigenvalue weighted by molar-refractivity contribution is -0.0901. The van der Waals surface area contributed by atoms with Crippen molar-refractivity contribution >= 4 is 5.91 Å². The Morgan fingerprint density at radius 3 is 2.62 bits per heavy atom. The Morgan fingerprint density at radius 1 is 1.14 bits per heavy atom. The Labute approximate surface area is 168 Å². The second kappa shape index (κ2) is 7.16. The van der Waals surface area contributed by atoms with Gasteiger partial charge in [-0.15, -0.1) is 0 Å². The summed E-state index contributed by atoms with van der Waals surface area (Å²) < 4.78 is 33.3. The summed E-state index contributed by atoms with van der Waals surface area (Å²) in [5.74, 6) is -2.55. The molecule has 4 heterocycles. The van der Waals surface area contributed by atoms with Gasteiger partial charge in [-0.3, -0.25) is 14.5 Å². The summed E-state index contributed by atoms with van der Waals surface area (Å²) in [6.07, 6.45) is 2.49. The number of halogens is 2. The quantitative estimate of drug-likeness (QED) is 0.832. The number of hydrogen-bond donors (Lipinski definition) is 1. The van der Waals surface area contributed by atoms with Crippen molar-refractivity contribution in [1.29, 1.82) is 0 Å². The summed E-state index contributed by atoms with van der Waals surface area (Å²) in [5.41, 5.74) is 0.764. The summed E-state index contributed by atoms with van der Waals surface area (Å²) in [4.78, 5) is 28.1. The van der Waals surface area contributed by atoms with E-state index in [0.717, 1.165) is 51.3 Å². The van der Waals surface area contributed by atoms with Crippen LogP contribution in [0.1, 0.15) is 54.1 Å². The van der Waals surface area contributed by atoms with Crippen molar-refractivity contribution in [1.82, 2.24) is 14.8 Å². The van der Waals surface area contributed by atoms with E-state index in [4.69, 9.17) is 4.74 Å². The molecule has 6 nitrogen and oxygen atoms in total. The molecule has 8 heteroatoms. The van der Waals surface area contributed by atoms with Crippen molar-refractivity contribution in [3.05, 3.63) is 33.7 Å². The van der Waals surface area contributed by atoms with E-state index in [0.29, 0.717) is 24.4 Å². The molecular weight excluding hydrogens is 380 g/mol. The van der Waals surface area contributed by atoms with Gasteiger partial charge in [0.15, 0.2) is 0 Å². The van der Waals surface area contributed by atoms with Crippen LogP contribution < -0.4 is 10.9 Å². The van der Waals surface area contributed by atoms with Crippen LogP contribution in [0.5, 0.6) is 0 Å². The van der Waals surface area contributed by atoms with E-state index >= 15 is 0 Å². The number of nitrogens with one attached hydrogen (secondary N) is 1. The number of amides is 1. The van der Waals surface area contributed by atoms with Crippen molar-refractivity contribution in [2.24, 2.45) is 5.92 Å². The fourth-order valence-corrected chi connectivity index (χ4v) is 5.53. The van der Waals surface area contributed by atoms with E-state index in [1.807, 2.05) is 6.07 Å². The first kappa shape index (κ1) is 19.2. The second-order valence-corrected chi connectivity index (χ2v) is 9.12. The number of piperidine rings is 1. The zero-order chi connectivity index (χ0) is 20.2. The van der Waals surface area contributed by atoms with Gasteiger partial charge >= 0.3 is 0 Å². The number of alkyl halides is 2. The number of hydrogen-bond acceptors (Lipinski definition) is 4. The minimum Gasteiger partial charge on any atom is -0.381 e. The molecular formula is C21H27F2N3O3. The summed E-state index contributed by atoms with van der Waals surface area (Å²) in [5, 5.41) is 2.58. The van der Waals surface area contributed by atoms with Crippen LogP contribution in [-0.2, 0) is 11.3 Å². The summed E-state index contributed by atoms with van der Waals surface area (Å²) in [6, 6.07) is 3.47. The van der Waals surface area contributed by atoms with Crippen molar-refractivity contribution in [3.8, 4) is 0 Å². The normalized spacial score (nSPS) is 29.7. The predicted octanol–water partition coefficient (Wildman–Crippen LogP) is 1.97. The summed E-state index contributed by atoms with van der Waals surface area (Å²) in [6.45, 7) is 4.16. The van der Waals surface area contributed by atoms with Gasteiger partial charge in [0.25, 0.3) is 17.4 Å². The first-order chi connectivity index (χ1) is 13.9. The molecule has 1 saturated carbocycles. The largest absolute Gasteiger partial charge is 0.381 e. The molecule has 1 aliphatic carbocycles. The van der Waals surface area contributed by atoms with Crippen LogP contribution in [0.3, 0.4) is 0 Å². The van der Waals surface area contributed by atoms with E-state index in [9.17, 15) is 18.4 Å². The highest BCUT2D eigenvalue weighted by Crippen LogP contribution is 2.38. The molecule has 1 aromatic heterocycles. The van der Waals surface area contributed by atoms with Crippen LogP contribution in [0.4, 0.5) is 8.78 Å². The Kier molecular flexibility index (Phi) is 4.74. The lowest BCUT2D eigenvalue weighted by Crippen LogP contribution is -2.53. The zero-order valence-electron chi connectivity index (χ0n) is 16.4. The Hall–Kier alpha value is -1.80. The molecule has 1 N–H and O–H groups in total. The van der Waals surface area contributed by atoms with Crippen LogP contribution in [0.2, 0.25) is 0 Å². The van der Waals surface area contributed by atoms with Crippen molar-refractivity contribution < 1.29 is 18.3 Å². The number of pyridine rings is 1. The highest BCUT2D eigenvalue weighted by molar-refractivity contribution is 5.94. The third-order valence-corrected chi connectivity index (χ3v) is 7.01. The van der Waals surface area contributed by atoms with Gasteiger partial charge in [-0.2, -0.15) is 0 Å². The third-order valence-electron chi connectivity index (χ3n) is 7.01. The number of ether oxygens (including phenoxy) is 1. The van der Waals surface area contributed by atoms with E-state index in [1.54, 1.807) is 10.6 Å². The Bertz CT molecular complexity index is 857. The molecule has 2 bridgehead atoms. The minimum absolute atomic E-state index is 0.0604. The average molecular weight is 407 g/mol. The van der Waals surface area contributed by atoms with Crippen LogP contribution in [-0.4, -0.2) is 59.7 Å². The van der Waals surface area contributed by atoms with E-state index in [1.165, 1.54) is 0 Å². The predicted molar refractivity (Wildman–Crippen MR) is 102 cm³/mol. The summed E-state index contributed by atoms with van der Waals surface area (Å²) in [7, 11) is 0. The second-order valence-electron chi connectivity index (χ2n) is 9.12. The highest BCUT2D eigenvalue weighted by Gasteiger charge is 2.46. The van der Waals surface area contributed by atoms with Gasteiger partial charge in [-0.25, -0.2) is 8.78 Å². The SMILES string of the molecule is O=C(NC1CC(F)(F)C1)c1ccc2n(c1=O)C[C@H]1C[C@@H]2CN(C2CCOCC2)C1. The standard InChI is InChI=1S/C21H27F2N3O3/c22-21(23)8-15(9-21)24-19(27)17-1-2-18-14-7-13(11-26(18)20(17)28)10-25(12-14)16-3-5-29-6-4-16/h1-2,13-16H,3-12H2,(H,24,27)/t13-,14+/m0/s1. The van der Waals surface area contributed by atoms with E-state index in [2.05, 4.69) is 10.2 Å². The molecule has 1 amide bonds. The molecule has 0 aromatic carbocycles. The van der Waals surface area contributed by atoms with Crippen LogP contribution >= 0.6 is 0 Å². The van der Waals surface area contributed by atoms with Gasteiger partial charge in [-0.1, -0.05) is 0 Å². The molecule has 5 rings (SSSR count). The van der Waals surface area contributed by atoms with Gasteiger partial charge in [-0.05, 0) is 37.3 Å². The molecule has 2 saturated heterocycles. The Morgan fingerprint density at radius 2 is 1.90 bits per heavy atom. The molecule has 158 valence electrons. The van der Waals surface area contributed by atoms with Crippen molar-refractivity contribution in [3.63, 3.8) is 0 Å². The molecule has 1 aromatic rings. The van der Waals surface area contributed by atoms with E-state index in [-0.39, 0.29) is 24.0 Å². The molecule has 29 heavy (non-hydrogen) atoms. The fourth-order valence-electron chi connectivity index (χ4n) is 5.53. The van der Waals surface area contributed by atoms with Gasteiger partial charge in [0.1, 0.15) is 5.56 Å². The van der Waals surface area contributed by atoms with Crippen molar-refractivity contribution in [2.45, 2.75) is 62.6 Å². The topological polar surface area (TPSA) is 63.6 Å². The molecule has 0 unspecified atom stereocenters. The molecule has 0 spiro atoms. The molecule has 3 aliphatic heterocycles. The first-order valence-corrected chi connectivity index (χ1v) is 10.6. The maximum absolute atomic E-state index is 13.0. The molecule has 4 aliphatic rings. The van der Waals surface area contributed by atoms with Crippen LogP contribution in [0.25, 0.3) is 0 Å². The van der Waals surface area contributed by atoms with Gasteiger partial charge in [0.2, 0.25) is 0 Å². The maximum atomic E-state index is 13.0. The lowest BCUT2D eigenvalue weighted by Gasteiger charge is -2.46. The van der Waals surface area contributed by atoms with Crippen LogP contribution in [0.15, 0.2) is 16.9 Å². The Balaban J connectivity index is 1.33. The smallest absolute Gasteiger partial charge is 0.263 e. The number of carbonyl (C=O) groups is 1. The number of aromatic nitrogens is 1. The van der Waals surface area contributed by atoms with Gasteiger partial charge in [0, 0.05) is 69.4 Å². The molecule has 2 atom stereocenters. The number of nitrogens with zero attached hydrogens (tertiary/aromatic N) is 2. The van der Waals surface area contributed by atoms with Crippen LogP contribution in [0, 0.1) is 5.92 Å². The van der Waals surface area contributed by atoms with Crippen molar-refractivity contribution in [2.75, 3.05) is 26.3 Å². The summed E-state index contributed by atoms with van der Waals surface area (Å²) >= 11 is 0. The number of fused-ring (bicyclic) bond motifs is 4. The fraction of sp³-hybridized carbons (Fsp3) is 0.714. The highest BCUT2D eigenvalue weighted by atomic mass is 19.3. The maximum Gasteiger partial charge on any atom is 0.263 e. The molecule has 0 radical (unpaired) electrons. The third kappa shape index (κ3) is 3.61. The van der Waals surface area contributed by atoms with E-state index < -0.39 is 17.9 Å². The number of rotatable bonds is 3. The minimum atomic E-state index is -2.70. The zero-order valence-corrected chi connectivity index (χ0v) is 16.4. The van der Waals surface area contributed by atoms with Gasteiger partial charge in [0.05, 0.1) is 0 Å². The average Bonchev–Trinajstić information content (AvgIpc) is 2.68. The van der Waals surface area contributed by atoms with Gasteiger partial charge < -0.3 is 14.6 Å². The number of carbonyl (C=O) groups excluding carboxylic acids is 1. The molecule has 3 fully saturated rings. The monoisotopic (exact) mass is 407 g/mol.